The third-order valence-corrected chi connectivity index (χ3v) is 3.89. The maximum Gasteiger partial charge on any atom is 0.262 e. The Morgan fingerprint density at radius 3 is 2.71 bits per heavy atom. The summed E-state index contributed by atoms with van der Waals surface area (Å²) in [6.45, 7) is 2.01. The quantitative estimate of drug-likeness (QED) is 0.864. The number of nitrogens with one attached hydrogen (secondary N) is 1. The molecule has 5 nitrogen and oxygen atoms in total. The Balaban J connectivity index is 2.53. The van der Waals surface area contributed by atoms with Gasteiger partial charge in [0.2, 0.25) is 5.88 Å². The molecule has 2 rings (SSSR count). The Kier molecular flexibility index (Phi) is 5.14. The van der Waals surface area contributed by atoms with Gasteiger partial charge in [-0.15, -0.1) is 0 Å². The predicted octanol–water partition coefficient (Wildman–Crippen LogP) is 3.39. The first kappa shape index (κ1) is 15.7. The molecule has 0 aliphatic carbocycles. The van der Waals surface area contributed by atoms with Crippen LogP contribution in [-0.2, 0) is 4.74 Å². The van der Waals surface area contributed by atoms with Gasteiger partial charge >= 0.3 is 0 Å². The van der Waals surface area contributed by atoms with Gasteiger partial charge in [0.1, 0.15) is 17.5 Å². The number of H-pyrrole nitrogens is 1. The third kappa shape index (κ3) is 3.33. The lowest BCUT2D eigenvalue weighted by Crippen LogP contribution is -2.17. The summed E-state index contributed by atoms with van der Waals surface area (Å²) in [5.74, 6) is 0.0523. The maximum atomic E-state index is 12.3. The number of hydrogen-bond acceptors (Lipinski definition) is 4. The number of aromatic nitrogens is 2. The molecule has 6 heteroatoms. The molecule has 2 N–H and O–H groups in total. The summed E-state index contributed by atoms with van der Waals surface area (Å²) in [6.07, 6.45) is 1.27. The Bertz CT molecular complexity index is 685. The van der Waals surface area contributed by atoms with Gasteiger partial charge in [0.25, 0.3) is 5.56 Å². The van der Waals surface area contributed by atoms with Gasteiger partial charge in [-0.05, 0) is 12.5 Å². The molecule has 0 bridgehead atoms. The molecule has 2 aromatic rings. The standard InChI is InChI=1S/C15H17BrN2O3/c1-3-6-11(21-2)13-17-14(19)12(15(20)18-13)9-7-4-5-8-10(9)16/h4-5,7-8,11H,3,6H2,1-2H3,(H2,17,18,19,20). The molecule has 0 aliphatic rings. The SMILES string of the molecule is CCCC(OC)c1nc(O)c(-c2ccccc2Br)c(=O)[nH]1. The van der Waals surface area contributed by atoms with Crippen molar-refractivity contribution < 1.29 is 9.84 Å². The topological polar surface area (TPSA) is 75.2 Å². The van der Waals surface area contributed by atoms with Gasteiger partial charge < -0.3 is 14.8 Å². The molecular formula is C15H17BrN2O3. The highest BCUT2D eigenvalue weighted by Crippen LogP contribution is 2.31. The molecule has 1 aromatic carbocycles. The van der Waals surface area contributed by atoms with E-state index in [2.05, 4.69) is 25.9 Å². The average molecular weight is 353 g/mol. The number of ether oxygens (including phenoxy) is 1. The van der Waals surface area contributed by atoms with Crippen LogP contribution < -0.4 is 5.56 Å². The van der Waals surface area contributed by atoms with Crippen LogP contribution in [0.2, 0.25) is 0 Å². The van der Waals surface area contributed by atoms with E-state index in [9.17, 15) is 9.90 Å². The second kappa shape index (κ2) is 6.87. The zero-order chi connectivity index (χ0) is 15.4. The summed E-state index contributed by atoms with van der Waals surface area (Å²) in [5, 5.41) is 10.2. The van der Waals surface area contributed by atoms with Crippen LogP contribution in [0.15, 0.2) is 33.5 Å². The highest BCUT2D eigenvalue weighted by Gasteiger charge is 2.19. The van der Waals surface area contributed by atoms with Crippen LogP contribution in [-0.4, -0.2) is 22.2 Å². The molecule has 0 spiro atoms. The first-order valence-electron chi connectivity index (χ1n) is 6.69. The summed E-state index contributed by atoms with van der Waals surface area (Å²) >= 11 is 3.37. The van der Waals surface area contributed by atoms with E-state index in [-0.39, 0.29) is 23.1 Å². The lowest BCUT2D eigenvalue weighted by atomic mass is 10.1. The van der Waals surface area contributed by atoms with Gasteiger partial charge in [0, 0.05) is 17.1 Å². The van der Waals surface area contributed by atoms with Crippen molar-refractivity contribution in [3.8, 4) is 17.0 Å². The fourth-order valence-corrected chi connectivity index (χ4v) is 2.65. The normalized spacial score (nSPS) is 12.3. The molecule has 0 saturated carbocycles. The van der Waals surface area contributed by atoms with Crippen molar-refractivity contribution in [1.82, 2.24) is 9.97 Å². The first-order chi connectivity index (χ1) is 10.1. The Morgan fingerprint density at radius 1 is 1.43 bits per heavy atom. The number of nitrogens with zero attached hydrogens (tertiary/aromatic N) is 1. The highest BCUT2D eigenvalue weighted by molar-refractivity contribution is 9.10. The number of methoxy groups -OCH3 is 1. The third-order valence-electron chi connectivity index (χ3n) is 3.20. The molecule has 1 unspecified atom stereocenters. The second-order valence-electron chi connectivity index (χ2n) is 4.64. The predicted molar refractivity (Wildman–Crippen MR) is 84.3 cm³/mol. The molecule has 112 valence electrons. The van der Waals surface area contributed by atoms with Crippen LogP contribution in [0.3, 0.4) is 0 Å². The fraction of sp³-hybridized carbons (Fsp3) is 0.333. The molecular weight excluding hydrogens is 336 g/mol. The summed E-state index contributed by atoms with van der Waals surface area (Å²) in [5.41, 5.74) is 0.361. The molecule has 0 aliphatic heterocycles. The van der Waals surface area contributed by atoms with Crippen molar-refractivity contribution in [3.05, 3.63) is 44.9 Å². The molecule has 0 saturated heterocycles. The zero-order valence-corrected chi connectivity index (χ0v) is 13.5. The number of aromatic amines is 1. The van der Waals surface area contributed by atoms with Gasteiger partial charge in [0.05, 0.1) is 0 Å². The van der Waals surface area contributed by atoms with Crippen LogP contribution in [0.25, 0.3) is 11.1 Å². The molecule has 1 aromatic heterocycles. The first-order valence-corrected chi connectivity index (χ1v) is 7.48. The minimum atomic E-state index is -0.387. The van der Waals surface area contributed by atoms with Gasteiger partial charge in [-0.3, -0.25) is 4.79 Å². The van der Waals surface area contributed by atoms with Crippen LogP contribution in [0.4, 0.5) is 0 Å². The van der Waals surface area contributed by atoms with Crippen LogP contribution in [0.1, 0.15) is 31.7 Å². The van der Waals surface area contributed by atoms with E-state index in [1.54, 1.807) is 25.3 Å². The minimum Gasteiger partial charge on any atom is -0.493 e. The molecule has 0 fully saturated rings. The number of aromatic hydroxyl groups is 1. The van der Waals surface area contributed by atoms with Gasteiger partial charge in [-0.25, -0.2) is 0 Å². The summed E-state index contributed by atoms with van der Waals surface area (Å²) < 4.78 is 6.02. The van der Waals surface area contributed by atoms with Crippen molar-refractivity contribution in [2.75, 3.05) is 7.11 Å². The number of halogens is 1. The zero-order valence-electron chi connectivity index (χ0n) is 11.9. The van der Waals surface area contributed by atoms with Crippen molar-refractivity contribution in [3.63, 3.8) is 0 Å². The molecule has 1 atom stereocenters. The fourth-order valence-electron chi connectivity index (χ4n) is 2.17. The molecule has 21 heavy (non-hydrogen) atoms. The monoisotopic (exact) mass is 352 g/mol. The number of benzene rings is 1. The van der Waals surface area contributed by atoms with Crippen molar-refractivity contribution in [2.24, 2.45) is 0 Å². The molecule has 0 radical (unpaired) electrons. The second-order valence-corrected chi connectivity index (χ2v) is 5.50. The summed E-state index contributed by atoms with van der Waals surface area (Å²) in [6, 6.07) is 7.18. The van der Waals surface area contributed by atoms with Crippen molar-refractivity contribution >= 4 is 15.9 Å². The lowest BCUT2D eigenvalue weighted by Gasteiger charge is -2.14. The summed E-state index contributed by atoms with van der Waals surface area (Å²) in [7, 11) is 1.55. The van der Waals surface area contributed by atoms with E-state index in [0.29, 0.717) is 17.8 Å². The number of rotatable bonds is 5. The van der Waals surface area contributed by atoms with Crippen molar-refractivity contribution in [2.45, 2.75) is 25.9 Å². The maximum absolute atomic E-state index is 12.3. The van der Waals surface area contributed by atoms with Crippen LogP contribution in [0.5, 0.6) is 5.88 Å². The Hall–Kier alpha value is -1.66. The molecule has 1 heterocycles. The smallest absolute Gasteiger partial charge is 0.262 e. The largest absolute Gasteiger partial charge is 0.493 e. The Morgan fingerprint density at radius 2 is 2.14 bits per heavy atom. The number of hydrogen-bond donors (Lipinski definition) is 2. The van der Waals surface area contributed by atoms with Gasteiger partial charge in [0.15, 0.2) is 0 Å². The lowest BCUT2D eigenvalue weighted by molar-refractivity contribution is 0.0868. The van der Waals surface area contributed by atoms with E-state index in [1.165, 1.54) is 0 Å². The van der Waals surface area contributed by atoms with E-state index >= 15 is 0 Å². The Labute approximate surface area is 131 Å². The van der Waals surface area contributed by atoms with E-state index in [1.807, 2.05) is 13.0 Å². The van der Waals surface area contributed by atoms with Crippen LogP contribution >= 0.6 is 15.9 Å². The van der Waals surface area contributed by atoms with Crippen molar-refractivity contribution in [1.29, 1.82) is 0 Å². The van der Waals surface area contributed by atoms with Gasteiger partial charge in [-0.2, -0.15) is 4.98 Å². The summed E-state index contributed by atoms with van der Waals surface area (Å²) in [4.78, 5) is 19.1. The minimum absolute atomic E-state index is 0.151. The average Bonchev–Trinajstić information content (AvgIpc) is 2.46. The highest BCUT2D eigenvalue weighted by atomic mass is 79.9. The van der Waals surface area contributed by atoms with Crippen LogP contribution in [0, 0.1) is 0 Å². The van der Waals surface area contributed by atoms with E-state index in [4.69, 9.17) is 4.74 Å². The van der Waals surface area contributed by atoms with Gasteiger partial charge in [-0.1, -0.05) is 47.5 Å². The molecule has 0 amide bonds. The van der Waals surface area contributed by atoms with E-state index in [0.717, 1.165) is 10.9 Å². The van der Waals surface area contributed by atoms with E-state index < -0.39 is 0 Å².